The number of nitrogens with one attached hydrogen (secondary N) is 2. The van der Waals surface area contributed by atoms with Crippen LogP contribution in [0.2, 0.25) is 0 Å². The van der Waals surface area contributed by atoms with Gasteiger partial charge in [0.05, 0.1) is 0 Å². The number of amides is 2. The van der Waals surface area contributed by atoms with Gasteiger partial charge in [-0.15, -0.1) is 0 Å². The Morgan fingerprint density at radius 2 is 1.25 bits per heavy atom. The predicted molar refractivity (Wildman–Crippen MR) is 114 cm³/mol. The van der Waals surface area contributed by atoms with Crippen molar-refractivity contribution >= 4 is 23.2 Å². The summed E-state index contributed by atoms with van der Waals surface area (Å²) >= 11 is 0. The van der Waals surface area contributed by atoms with Crippen LogP contribution in [0, 0.1) is 6.92 Å². The molecule has 0 saturated carbocycles. The quantitative estimate of drug-likeness (QED) is 0.610. The first kappa shape index (κ1) is 19.4. The SMILES string of the molecule is Cc1ccccc1C(=O)Nc1ccc(NC(=O)c2ccc(C(C)C)cc2)cc1. The van der Waals surface area contributed by atoms with E-state index in [1.807, 2.05) is 49.4 Å². The highest BCUT2D eigenvalue weighted by Gasteiger charge is 2.10. The van der Waals surface area contributed by atoms with E-state index in [0.29, 0.717) is 28.4 Å². The molecular formula is C24H24N2O2. The largest absolute Gasteiger partial charge is 0.322 e. The highest BCUT2D eigenvalue weighted by atomic mass is 16.2. The normalized spacial score (nSPS) is 10.6. The van der Waals surface area contributed by atoms with Gasteiger partial charge in [-0.25, -0.2) is 0 Å². The monoisotopic (exact) mass is 372 g/mol. The summed E-state index contributed by atoms with van der Waals surface area (Å²) in [5, 5.41) is 5.75. The van der Waals surface area contributed by atoms with Crippen molar-refractivity contribution in [3.63, 3.8) is 0 Å². The van der Waals surface area contributed by atoms with E-state index in [2.05, 4.69) is 24.5 Å². The van der Waals surface area contributed by atoms with Crippen LogP contribution >= 0.6 is 0 Å². The van der Waals surface area contributed by atoms with Gasteiger partial charge in [0.15, 0.2) is 0 Å². The van der Waals surface area contributed by atoms with Gasteiger partial charge in [-0.3, -0.25) is 9.59 Å². The first-order chi connectivity index (χ1) is 13.4. The maximum absolute atomic E-state index is 12.4. The summed E-state index contributed by atoms with van der Waals surface area (Å²) in [4.78, 5) is 24.8. The van der Waals surface area contributed by atoms with Crippen molar-refractivity contribution in [3.05, 3.63) is 95.1 Å². The minimum absolute atomic E-state index is 0.153. The third kappa shape index (κ3) is 4.65. The van der Waals surface area contributed by atoms with Gasteiger partial charge in [0.2, 0.25) is 0 Å². The molecule has 2 N–H and O–H groups in total. The third-order valence-electron chi connectivity index (χ3n) is 4.63. The van der Waals surface area contributed by atoms with E-state index < -0.39 is 0 Å². The van der Waals surface area contributed by atoms with E-state index in [0.717, 1.165) is 5.56 Å². The summed E-state index contributed by atoms with van der Waals surface area (Å²) in [5.74, 6) is 0.117. The first-order valence-electron chi connectivity index (χ1n) is 9.32. The minimum Gasteiger partial charge on any atom is -0.322 e. The van der Waals surface area contributed by atoms with Crippen LogP contribution in [0.4, 0.5) is 11.4 Å². The zero-order valence-electron chi connectivity index (χ0n) is 16.3. The number of hydrogen-bond acceptors (Lipinski definition) is 2. The molecule has 28 heavy (non-hydrogen) atoms. The summed E-state index contributed by atoms with van der Waals surface area (Å²) in [7, 11) is 0. The Balaban J connectivity index is 1.63. The first-order valence-corrected chi connectivity index (χ1v) is 9.32. The Labute approximate surface area is 165 Å². The lowest BCUT2D eigenvalue weighted by molar-refractivity contribution is 0.101. The maximum Gasteiger partial charge on any atom is 0.255 e. The Morgan fingerprint density at radius 3 is 1.79 bits per heavy atom. The van der Waals surface area contributed by atoms with Crippen molar-refractivity contribution in [2.75, 3.05) is 10.6 Å². The molecule has 0 saturated heterocycles. The molecule has 2 amide bonds. The van der Waals surface area contributed by atoms with Crippen LogP contribution in [0.3, 0.4) is 0 Å². The Bertz CT molecular complexity index is 974. The van der Waals surface area contributed by atoms with Crippen molar-refractivity contribution in [1.29, 1.82) is 0 Å². The second-order valence-corrected chi connectivity index (χ2v) is 7.08. The number of aryl methyl sites for hydroxylation is 1. The second-order valence-electron chi connectivity index (χ2n) is 7.08. The van der Waals surface area contributed by atoms with Gasteiger partial charge in [-0.1, -0.05) is 44.2 Å². The van der Waals surface area contributed by atoms with Gasteiger partial charge in [0, 0.05) is 22.5 Å². The average molecular weight is 372 g/mol. The summed E-state index contributed by atoms with van der Waals surface area (Å²) in [6, 6.07) is 22.2. The molecule has 0 heterocycles. The molecule has 0 aromatic heterocycles. The lowest BCUT2D eigenvalue weighted by atomic mass is 10.0. The predicted octanol–water partition coefficient (Wildman–Crippen LogP) is 5.62. The lowest BCUT2D eigenvalue weighted by Gasteiger charge is -2.10. The van der Waals surface area contributed by atoms with Crippen LogP contribution in [-0.4, -0.2) is 11.8 Å². The van der Waals surface area contributed by atoms with E-state index in [1.165, 1.54) is 5.56 Å². The smallest absolute Gasteiger partial charge is 0.255 e. The summed E-state index contributed by atoms with van der Waals surface area (Å²) < 4.78 is 0. The number of rotatable bonds is 5. The third-order valence-corrected chi connectivity index (χ3v) is 4.63. The van der Waals surface area contributed by atoms with Crippen LogP contribution in [0.25, 0.3) is 0 Å². The van der Waals surface area contributed by atoms with E-state index in [4.69, 9.17) is 0 Å². The van der Waals surface area contributed by atoms with E-state index in [1.54, 1.807) is 30.3 Å². The molecule has 3 aromatic rings. The Hall–Kier alpha value is -3.40. The fourth-order valence-electron chi connectivity index (χ4n) is 2.89. The van der Waals surface area contributed by atoms with Gasteiger partial charge >= 0.3 is 0 Å². The zero-order chi connectivity index (χ0) is 20.1. The topological polar surface area (TPSA) is 58.2 Å². The molecule has 0 aliphatic rings. The lowest BCUT2D eigenvalue weighted by Crippen LogP contribution is -2.14. The molecule has 0 radical (unpaired) electrons. The van der Waals surface area contributed by atoms with Crippen LogP contribution in [0.15, 0.2) is 72.8 Å². The van der Waals surface area contributed by atoms with Crippen LogP contribution in [-0.2, 0) is 0 Å². The van der Waals surface area contributed by atoms with Crippen molar-refractivity contribution in [2.45, 2.75) is 26.7 Å². The molecule has 4 nitrogen and oxygen atoms in total. The van der Waals surface area contributed by atoms with Crippen molar-refractivity contribution in [3.8, 4) is 0 Å². The van der Waals surface area contributed by atoms with Gasteiger partial charge < -0.3 is 10.6 Å². The summed E-state index contributed by atoms with van der Waals surface area (Å²) in [6.07, 6.45) is 0. The van der Waals surface area contributed by atoms with Crippen molar-refractivity contribution in [2.24, 2.45) is 0 Å². The molecular weight excluding hydrogens is 348 g/mol. The molecule has 0 bridgehead atoms. The molecule has 0 unspecified atom stereocenters. The minimum atomic E-state index is -0.160. The van der Waals surface area contributed by atoms with Crippen molar-refractivity contribution in [1.82, 2.24) is 0 Å². The van der Waals surface area contributed by atoms with Gasteiger partial charge in [-0.05, 0) is 66.4 Å². The highest BCUT2D eigenvalue weighted by Crippen LogP contribution is 2.18. The number of benzene rings is 3. The van der Waals surface area contributed by atoms with E-state index >= 15 is 0 Å². The molecule has 3 aromatic carbocycles. The van der Waals surface area contributed by atoms with Crippen LogP contribution < -0.4 is 10.6 Å². The number of carbonyl (C=O) groups is 2. The molecule has 0 fully saturated rings. The number of hydrogen-bond donors (Lipinski definition) is 2. The maximum atomic E-state index is 12.4. The van der Waals surface area contributed by atoms with E-state index in [-0.39, 0.29) is 11.8 Å². The second kappa shape index (κ2) is 8.53. The fraction of sp³-hybridized carbons (Fsp3) is 0.167. The zero-order valence-corrected chi connectivity index (χ0v) is 16.3. The number of carbonyl (C=O) groups excluding carboxylic acids is 2. The standard InChI is InChI=1S/C24H24N2O2/c1-16(2)18-8-10-19(11-9-18)23(27)25-20-12-14-21(15-13-20)26-24(28)22-7-5-4-6-17(22)3/h4-16H,1-3H3,(H,25,27)(H,26,28). The fourth-order valence-corrected chi connectivity index (χ4v) is 2.89. The molecule has 0 aliphatic carbocycles. The summed E-state index contributed by atoms with van der Waals surface area (Å²) in [5.41, 5.74) is 4.73. The van der Waals surface area contributed by atoms with Gasteiger partial charge in [0.1, 0.15) is 0 Å². The van der Waals surface area contributed by atoms with Gasteiger partial charge in [-0.2, -0.15) is 0 Å². The molecule has 3 rings (SSSR count). The molecule has 0 spiro atoms. The van der Waals surface area contributed by atoms with Crippen LogP contribution in [0.5, 0.6) is 0 Å². The molecule has 4 heteroatoms. The van der Waals surface area contributed by atoms with Gasteiger partial charge in [0.25, 0.3) is 11.8 Å². The van der Waals surface area contributed by atoms with E-state index in [9.17, 15) is 9.59 Å². The highest BCUT2D eigenvalue weighted by molar-refractivity contribution is 6.06. The average Bonchev–Trinajstić information content (AvgIpc) is 2.69. The Morgan fingerprint density at radius 1 is 0.714 bits per heavy atom. The molecule has 142 valence electrons. The number of anilines is 2. The summed E-state index contributed by atoms with van der Waals surface area (Å²) in [6.45, 7) is 6.14. The Kier molecular flexibility index (Phi) is 5.90. The van der Waals surface area contributed by atoms with Crippen molar-refractivity contribution < 1.29 is 9.59 Å². The van der Waals surface area contributed by atoms with Crippen LogP contribution in [0.1, 0.15) is 51.6 Å². The molecule has 0 aliphatic heterocycles. The molecule has 0 atom stereocenters.